The van der Waals surface area contributed by atoms with Crippen molar-refractivity contribution in [2.24, 2.45) is 0 Å². The Morgan fingerprint density at radius 1 is 1.21 bits per heavy atom. The molecule has 0 bridgehead atoms. The van der Waals surface area contributed by atoms with Crippen molar-refractivity contribution in [3.05, 3.63) is 64.7 Å². The number of rotatable bonds is 1. The number of carbonyl (C=O) groups is 1. The van der Waals surface area contributed by atoms with Crippen LogP contribution in [0.4, 0.5) is 0 Å². The van der Waals surface area contributed by atoms with Crippen LogP contribution < -0.4 is 4.74 Å². The van der Waals surface area contributed by atoms with Crippen molar-refractivity contribution < 1.29 is 14.6 Å². The number of hydrogen-bond donors (Lipinski definition) is 1. The van der Waals surface area contributed by atoms with Gasteiger partial charge in [-0.05, 0) is 29.3 Å². The topological polar surface area (TPSA) is 46.5 Å². The molecule has 3 nitrogen and oxygen atoms in total. The smallest absolute Gasteiger partial charge is 0.335 e. The summed E-state index contributed by atoms with van der Waals surface area (Å²) in [4.78, 5) is 11.1. The van der Waals surface area contributed by atoms with Gasteiger partial charge in [-0.3, -0.25) is 0 Å². The fraction of sp³-hybridized carbons (Fsp3) is 0.188. The van der Waals surface area contributed by atoms with Gasteiger partial charge in [0, 0.05) is 11.5 Å². The first-order chi connectivity index (χ1) is 9.16. The Hall–Kier alpha value is -2.29. The Bertz CT molecular complexity index is 646. The van der Waals surface area contributed by atoms with Gasteiger partial charge in [0.1, 0.15) is 12.4 Å². The lowest BCUT2D eigenvalue weighted by Gasteiger charge is -2.14. The van der Waals surface area contributed by atoms with Gasteiger partial charge in [0.05, 0.1) is 5.56 Å². The number of hydrogen-bond acceptors (Lipinski definition) is 2. The van der Waals surface area contributed by atoms with E-state index in [1.54, 1.807) is 18.2 Å². The van der Waals surface area contributed by atoms with Crippen LogP contribution in [0.2, 0.25) is 0 Å². The van der Waals surface area contributed by atoms with Gasteiger partial charge in [-0.15, -0.1) is 0 Å². The van der Waals surface area contributed by atoms with E-state index in [1.165, 1.54) is 5.56 Å². The number of ether oxygens (including phenoxy) is 1. The van der Waals surface area contributed by atoms with Crippen LogP contribution in [0, 0.1) is 0 Å². The van der Waals surface area contributed by atoms with Crippen molar-refractivity contribution in [3.8, 4) is 5.75 Å². The van der Waals surface area contributed by atoms with E-state index < -0.39 is 5.97 Å². The van der Waals surface area contributed by atoms with E-state index in [4.69, 9.17) is 9.84 Å². The second kappa shape index (κ2) is 4.43. The summed E-state index contributed by atoms with van der Waals surface area (Å²) < 4.78 is 5.79. The van der Waals surface area contributed by atoms with E-state index in [9.17, 15) is 4.79 Å². The Kier molecular flexibility index (Phi) is 2.75. The molecule has 1 aliphatic heterocycles. The molecule has 0 aromatic heterocycles. The summed E-state index contributed by atoms with van der Waals surface area (Å²) in [6, 6.07) is 13.2. The van der Waals surface area contributed by atoms with Crippen LogP contribution in [0.3, 0.4) is 0 Å². The quantitative estimate of drug-likeness (QED) is 0.848. The van der Waals surface area contributed by atoms with Crippen LogP contribution >= 0.6 is 0 Å². The third-order valence-electron chi connectivity index (χ3n) is 3.63. The minimum atomic E-state index is -0.910. The van der Waals surface area contributed by atoms with Crippen LogP contribution in [-0.4, -0.2) is 11.1 Å². The van der Waals surface area contributed by atoms with Crippen molar-refractivity contribution in [1.82, 2.24) is 0 Å². The first kappa shape index (κ1) is 11.8. The van der Waals surface area contributed by atoms with Gasteiger partial charge in [-0.2, -0.15) is 0 Å². The highest BCUT2D eigenvalue weighted by Gasteiger charge is 2.22. The zero-order valence-corrected chi connectivity index (χ0v) is 10.6. The van der Waals surface area contributed by atoms with Gasteiger partial charge in [0.25, 0.3) is 0 Å². The molecular weight excluding hydrogens is 240 g/mol. The molecule has 1 atom stereocenters. The van der Waals surface area contributed by atoms with Crippen molar-refractivity contribution in [2.45, 2.75) is 19.4 Å². The summed E-state index contributed by atoms with van der Waals surface area (Å²) in [7, 11) is 0. The van der Waals surface area contributed by atoms with Gasteiger partial charge in [-0.25, -0.2) is 4.79 Å². The molecule has 0 saturated heterocycles. The fourth-order valence-corrected chi connectivity index (χ4v) is 2.56. The summed E-state index contributed by atoms with van der Waals surface area (Å²) in [5.41, 5.74) is 3.59. The second-order valence-corrected chi connectivity index (χ2v) is 4.77. The van der Waals surface area contributed by atoms with Crippen molar-refractivity contribution in [3.63, 3.8) is 0 Å². The molecule has 1 N–H and O–H groups in total. The molecule has 0 aliphatic carbocycles. The van der Waals surface area contributed by atoms with Crippen LogP contribution in [0.5, 0.6) is 5.75 Å². The number of aromatic carboxylic acids is 1. The van der Waals surface area contributed by atoms with Gasteiger partial charge >= 0.3 is 5.97 Å². The number of benzene rings is 2. The summed E-state index contributed by atoms with van der Waals surface area (Å²) in [6.45, 7) is 2.61. The maximum absolute atomic E-state index is 11.1. The summed E-state index contributed by atoms with van der Waals surface area (Å²) >= 11 is 0. The van der Waals surface area contributed by atoms with Crippen LogP contribution in [0.15, 0.2) is 42.5 Å². The number of carboxylic acid groups (broad SMARTS) is 1. The van der Waals surface area contributed by atoms with Gasteiger partial charge in [0.15, 0.2) is 0 Å². The number of fused-ring (bicyclic) bond motifs is 2. The SMILES string of the molecule is CC1c2ccccc2COc2ccc(C(=O)O)cc21. The van der Waals surface area contributed by atoms with Crippen LogP contribution in [0.1, 0.15) is 39.9 Å². The Labute approximate surface area is 111 Å². The number of carboxylic acids is 1. The molecule has 0 amide bonds. The third-order valence-corrected chi connectivity index (χ3v) is 3.63. The normalized spacial score (nSPS) is 16.8. The third kappa shape index (κ3) is 1.97. The Morgan fingerprint density at radius 2 is 2.00 bits per heavy atom. The maximum Gasteiger partial charge on any atom is 0.335 e. The molecule has 1 aliphatic rings. The first-order valence-electron chi connectivity index (χ1n) is 6.24. The van der Waals surface area contributed by atoms with E-state index in [0.29, 0.717) is 12.2 Å². The van der Waals surface area contributed by atoms with Gasteiger partial charge in [-0.1, -0.05) is 31.2 Å². The molecule has 0 saturated carbocycles. The molecule has 0 fully saturated rings. The van der Waals surface area contributed by atoms with E-state index in [1.807, 2.05) is 12.1 Å². The van der Waals surface area contributed by atoms with Crippen molar-refractivity contribution in [1.29, 1.82) is 0 Å². The first-order valence-corrected chi connectivity index (χ1v) is 6.24. The summed E-state index contributed by atoms with van der Waals surface area (Å²) in [5.74, 6) is -0.00534. The highest BCUT2D eigenvalue weighted by atomic mass is 16.5. The minimum Gasteiger partial charge on any atom is -0.489 e. The fourth-order valence-electron chi connectivity index (χ4n) is 2.56. The lowest BCUT2D eigenvalue weighted by Crippen LogP contribution is -2.01. The molecule has 19 heavy (non-hydrogen) atoms. The highest BCUT2D eigenvalue weighted by molar-refractivity contribution is 5.88. The predicted octanol–water partition coefficient (Wildman–Crippen LogP) is 3.43. The van der Waals surface area contributed by atoms with E-state index in [0.717, 1.165) is 16.9 Å². The maximum atomic E-state index is 11.1. The van der Waals surface area contributed by atoms with Gasteiger partial charge < -0.3 is 9.84 Å². The molecule has 96 valence electrons. The Balaban J connectivity index is 2.15. The lowest BCUT2D eigenvalue weighted by molar-refractivity contribution is 0.0696. The molecule has 0 radical (unpaired) electrons. The van der Waals surface area contributed by atoms with Gasteiger partial charge in [0.2, 0.25) is 0 Å². The Morgan fingerprint density at radius 3 is 2.79 bits per heavy atom. The monoisotopic (exact) mass is 254 g/mol. The van der Waals surface area contributed by atoms with Crippen molar-refractivity contribution in [2.75, 3.05) is 0 Å². The molecule has 2 aromatic carbocycles. The summed E-state index contributed by atoms with van der Waals surface area (Å²) in [6.07, 6.45) is 0. The van der Waals surface area contributed by atoms with E-state index in [-0.39, 0.29) is 5.92 Å². The second-order valence-electron chi connectivity index (χ2n) is 4.77. The average Bonchev–Trinajstić information content (AvgIpc) is 2.57. The minimum absolute atomic E-state index is 0.132. The lowest BCUT2D eigenvalue weighted by atomic mass is 9.89. The zero-order chi connectivity index (χ0) is 13.4. The molecule has 0 spiro atoms. The average molecular weight is 254 g/mol. The molecule has 3 rings (SSSR count). The molecule has 1 heterocycles. The molecule has 2 aromatic rings. The molecule has 1 unspecified atom stereocenters. The predicted molar refractivity (Wildman–Crippen MR) is 71.7 cm³/mol. The molecular formula is C16H14O3. The largest absolute Gasteiger partial charge is 0.489 e. The van der Waals surface area contributed by atoms with Crippen molar-refractivity contribution >= 4 is 5.97 Å². The zero-order valence-electron chi connectivity index (χ0n) is 10.6. The van der Waals surface area contributed by atoms with E-state index in [2.05, 4.69) is 19.1 Å². The summed E-state index contributed by atoms with van der Waals surface area (Å²) in [5, 5.41) is 9.10. The standard InChI is InChI=1S/C16H14O3/c1-10-13-5-3-2-4-12(13)9-19-15-7-6-11(16(17)18)8-14(10)15/h2-8,10H,9H2,1H3,(H,17,18). The van der Waals surface area contributed by atoms with E-state index >= 15 is 0 Å². The molecule has 3 heteroatoms. The van der Waals surface area contributed by atoms with Crippen LogP contribution in [0.25, 0.3) is 0 Å². The van der Waals surface area contributed by atoms with Crippen LogP contribution in [-0.2, 0) is 6.61 Å². The highest BCUT2D eigenvalue weighted by Crippen LogP contribution is 2.37.